The third-order valence-corrected chi connectivity index (χ3v) is 6.04. The second kappa shape index (κ2) is 17.4. The van der Waals surface area contributed by atoms with E-state index in [0.717, 1.165) is 25.7 Å². The van der Waals surface area contributed by atoms with Gasteiger partial charge in [-0.1, -0.05) is 41.9 Å². The smallest absolute Gasteiger partial charge is 0.327 e. The third kappa shape index (κ3) is 15.4. The van der Waals surface area contributed by atoms with E-state index in [-0.39, 0.29) is 12.4 Å². The molecule has 0 saturated heterocycles. The zero-order valence-electron chi connectivity index (χ0n) is 20.9. The summed E-state index contributed by atoms with van der Waals surface area (Å²) < 4.78 is 0. The molecule has 188 valence electrons. The van der Waals surface area contributed by atoms with Crippen molar-refractivity contribution in [1.82, 2.24) is 10.6 Å². The maximum atomic E-state index is 12.5. The van der Waals surface area contributed by atoms with Crippen molar-refractivity contribution in [1.29, 1.82) is 0 Å². The highest BCUT2D eigenvalue weighted by Crippen LogP contribution is 2.13. The Morgan fingerprint density at radius 2 is 1.48 bits per heavy atom. The summed E-state index contributed by atoms with van der Waals surface area (Å²) in [5.41, 5.74) is 3.98. The predicted molar refractivity (Wildman–Crippen MR) is 136 cm³/mol. The number of rotatable bonds is 16. The first-order valence-corrected chi connectivity index (χ1v) is 12.6. The van der Waals surface area contributed by atoms with Crippen molar-refractivity contribution in [2.45, 2.75) is 79.3 Å². The number of carboxylic acid groups (broad SMARTS) is 1. The number of nitrogens with one attached hydrogen (secondary N) is 2. The number of allylic oxidation sites excluding steroid dienone is 5. The van der Waals surface area contributed by atoms with Crippen LogP contribution in [0.1, 0.15) is 67.2 Å². The van der Waals surface area contributed by atoms with Crippen molar-refractivity contribution in [2.24, 2.45) is 5.92 Å². The molecule has 0 spiro atoms. The minimum Gasteiger partial charge on any atom is -0.480 e. The third-order valence-electron chi connectivity index (χ3n) is 5.07. The van der Waals surface area contributed by atoms with Gasteiger partial charge in [-0.05, 0) is 53.4 Å². The van der Waals surface area contributed by atoms with Gasteiger partial charge in [-0.25, -0.2) is 4.79 Å². The average Bonchev–Trinajstić information content (AvgIpc) is 2.72. The van der Waals surface area contributed by atoms with Crippen LogP contribution in [0.5, 0.6) is 0 Å². The molecule has 0 aliphatic heterocycles. The Morgan fingerprint density at radius 1 is 0.909 bits per heavy atom. The molecule has 0 aliphatic rings. The minimum atomic E-state index is -1.14. The van der Waals surface area contributed by atoms with Crippen LogP contribution in [-0.4, -0.2) is 58.2 Å². The van der Waals surface area contributed by atoms with Crippen LogP contribution in [0.15, 0.2) is 34.9 Å². The van der Waals surface area contributed by atoms with E-state index in [0.29, 0.717) is 5.75 Å². The molecule has 0 rings (SSSR count). The van der Waals surface area contributed by atoms with Crippen molar-refractivity contribution in [2.75, 3.05) is 18.1 Å². The second-order valence-corrected chi connectivity index (χ2v) is 9.81. The molecule has 0 aromatic heterocycles. The second-order valence-electron chi connectivity index (χ2n) is 8.73. The molecule has 0 aromatic carbocycles. The van der Waals surface area contributed by atoms with Gasteiger partial charge in [-0.2, -0.15) is 11.8 Å². The van der Waals surface area contributed by atoms with E-state index in [9.17, 15) is 24.6 Å². The van der Waals surface area contributed by atoms with Crippen molar-refractivity contribution < 1.29 is 24.6 Å². The topological polar surface area (TPSA) is 116 Å². The van der Waals surface area contributed by atoms with Crippen LogP contribution in [0, 0.1) is 5.92 Å². The van der Waals surface area contributed by atoms with E-state index in [1.165, 1.54) is 35.4 Å². The van der Waals surface area contributed by atoms with E-state index in [1.807, 2.05) is 0 Å². The number of carbonyl (C=O) groups is 3. The van der Waals surface area contributed by atoms with Gasteiger partial charge < -0.3 is 20.8 Å². The summed E-state index contributed by atoms with van der Waals surface area (Å²) >= 11 is 1.42. The summed E-state index contributed by atoms with van der Waals surface area (Å²) in [6.07, 6.45) is 10.7. The molecule has 2 amide bonds. The molecule has 0 fully saturated rings. The molecule has 0 radical (unpaired) electrons. The van der Waals surface area contributed by atoms with E-state index in [1.54, 1.807) is 6.92 Å². The predicted octanol–water partition coefficient (Wildman–Crippen LogP) is 3.84. The van der Waals surface area contributed by atoms with Gasteiger partial charge in [-0.3, -0.25) is 9.59 Å². The van der Waals surface area contributed by atoms with Gasteiger partial charge in [0.1, 0.15) is 12.1 Å². The lowest BCUT2D eigenvalue weighted by Crippen LogP contribution is -2.55. The fraction of sp³-hybridized carbons (Fsp3) is 0.640. The van der Waals surface area contributed by atoms with Gasteiger partial charge >= 0.3 is 5.97 Å². The number of carboxylic acids is 1. The Kier molecular flexibility index (Phi) is 16.3. The molecule has 0 saturated carbocycles. The van der Waals surface area contributed by atoms with E-state index in [2.05, 4.69) is 56.6 Å². The largest absolute Gasteiger partial charge is 0.480 e. The van der Waals surface area contributed by atoms with E-state index in [4.69, 9.17) is 0 Å². The first-order valence-electron chi connectivity index (χ1n) is 11.4. The number of amides is 2. The summed E-state index contributed by atoms with van der Waals surface area (Å²) in [7, 11) is 0. The quantitative estimate of drug-likeness (QED) is 0.196. The molecule has 33 heavy (non-hydrogen) atoms. The normalized spacial score (nSPS) is 14.8. The maximum Gasteiger partial charge on any atom is 0.327 e. The molecule has 0 aliphatic carbocycles. The van der Waals surface area contributed by atoms with E-state index >= 15 is 0 Å². The summed E-state index contributed by atoms with van der Waals surface area (Å²) in [4.78, 5) is 35.4. The summed E-state index contributed by atoms with van der Waals surface area (Å²) in [6.45, 7) is 11.0. The maximum absolute atomic E-state index is 12.5. The highest BCUT2D eigenvalue weighted by molar-refractivity contribution is 7.99. The van der Waals surface area contributed by atoms with Crippen LogP contribution in [0.25, 0.3) is 0 Å². The fourth-order valence-corrected chi connectivity index (χ4v) is 3.95. The summed E-state index contributed by atoms with van der Waals surface area (Å²) in [6, 6.07) is -2.07. The lowest BCUT2D eigenvalue weighted by Gasteiger charge is -2.24. The number of thioether (sulfide) groups is 1. The molecule has 3 unspecified atom stereocenters. The summed E-state index contributed by atoms with van der Waals surface area (Å²) in [5, 5.41) is 23.7. The number of aliphatic hydroxyl groups is 1. The molecular formula is C25H42N2O5S. The van der Waals surface area contributed by atoms with Crippen LogP contribution in [0.4, 0.5) is 0 Å². The van der Waals surface area contributed by atoms with Gasteiger partial charge in [0.2, 0.25) is 11.8 Å². The standard InChI is InChI=1S/C25H42N2O5S/c1-17(2)9-7-10-18(3)11-8-12-19(4)13-14-33-16-22(25(31)32)27-24(30)23(20(5)15-28)26-21(6)29/h9,11,13,20,22-23,28H,7-8,10,12,14-16H2,1-6H3,(H,26,29)(H,27,30)(H,31,32)/b18-11+,19-13+. The van der Waals surface area contributed by atoms with Gasteiger partial charge in [0, 0.05) is 31.0 Å². The molecule has 4 N–H and O–H groups in total. The zero-order chi connectivity index (χ0) is 25.4. The first-order chi connectivity index (χ1) is 15.5. The van der Waals surface area contributed by atoms with Crippen molar-refractivity contribution >= 4 is 29.5 Å². The highest BCUT2D eigenvalue weighted by atomic mass is 32.2. The number of aliphatic carboxylic acids is 1. The highest BCUT2D eigenvalue weighted by Gasteiger charge is 2.29. The fourth-order valence-electron chi connectivity index (χ4n) is 2.95. The SMILES string of the molecule is CC(=O)NC(C(=O)NC(CSC/C=C(\C)CC/C=C(\C)CCC=C(C)C)C(=O)O)C(C)CO. The van der Waals surface area contributed by atoms with Crippen LogP contribution in [0.3, 0.4) is 0 Å². The van der Waals surface area contributed by atoms with Crippen molar-refractivity contribution in [3.05, 3.63) is 34.9 Å². The molecule has 0 heterocycles. The molecule has 7 nitrogen and oxygen atoms in total. The lowest BCUT2D eigenvalue weighted by molar-refractivity contribution is -0.141. The Balaban J connectivity index is 4.58. The van der Waals surface area contributed by atoms with Crippen LogP contribution in [0.2, 0.25) is 0 Å². The van der Waals surface area contributed by atoms with Crippen LogP contribution >= 0.6 is 11.8 Å². The Morgan fingerprint density at radius 3 is 2.00 bits per heavy atom. The summed E-state index contributed by atoms with van der Waals surface area (Å²) in [5.74, 6) is -1.85. The zero-order valence-corrected chi connectivity index (χ0v) is 21.8. The van der Waals surface area contributed by atoms with Gasteiger partial charge in [0.05, 0.1) is 0 Å². The molecule has 0 aromatic rings. The molecule has 0 bridgehead atoms. The number of hydrogen-bond donors (Lipinski definition) is 4. The van der Waals surface area contributed by atoms with Crippen molar-refractivity contribution in [3.63, 3.8) is 0 Å². The molecular weight excluding hydrogens is 440 g/mol. The molecule has 8 heteroatoms. The molecule has 3 atom stereocenters. The Bertz CT molecular complexity index is 726. The monoisotopic (exact) mass is 482 g/mol. The first kappa shape index (κ1) is 30.9. The number of carbonyl (C=O) groups excluding carboxylic acids is 2. The number of hydrogen-bond acceptors (Lipinski definition) is 5. The van der Waals surface area contributed by atoms with Gasteiger partial charge in [0.15, 0.2) is 0 Å². The van der Waals surface area contributed by atoms with Gasteiger partial charge in [0.25, 0.3) is 0 Å². The Hall–Kier alpha value is -2.06. The van der Waals surface area contributed by atoms with E-state index < -0.39 is 35.8 Å². The number of aliphatic hydroxyl groups excluding tert-OH is 1. The van der Waals surface area contributed by atoms with Crippen LogP contribution in [-0.2, 0) is 14.4 Å². The Labute approximate surface area is 203 Å². The van der Waals surface area contributed by atoms with Gasteiger partial charge in [-0.15, -0.1) is 0 Å². The van der Waals surface area contributed by atoms with Crippen LogP contribution < -0.4 is 10.6 Å². The minimum absolute atomic E-state index is 0.203. The average molecular weight is 483 g/mol. The lowest BCUT2D eigenvalue weighted by atomic mass is 10.0. The van der Waals surface area contributed by atoms with Crippen molar-refractivity contribution in [3.8, 4) is 0 Å².